The van der Waals surface area contributed by atoms with Crippen LogP contribution >= 0.6 is 34.8 Å². The highest BCUT2D eigenvalue weighted by molar-refractivity contribution is 6.35. The van der Waals surface area contributed by atoms with Crippen LogP contribution in [0.15, 0.2) is 30.3 Å². The van der Waals surface area contributed by atoms with Gasteiger partial charge in [-0.05, 0) is 43.2 Å². The summed E-state index contributed by atoms with van der Waals surface area (Å²) in [6.07, 6.45) is 1.06. The van der Waals surface area contributed by atoms with E-state index in [1.54, 1.807) is 19.2 Å². The Balaban J connectivity index is 2.14. The number of benzene rings is 2. The quantitative estimate of drug-likeness (QED) is 0.576. The molecule has 1 atom stereocenters. The molecule has 0 spiro atoms. The Morgan fingerprint density at radius 1 is 1.08 bits per heavy atom. The van der Waals surface area contributed by atoms with Gasteiger partial charge in [-0.1, -0.05) is 47.8 Å². The van der Waals surface area contributed by atoms with E-state index in [1.165, 1.54) is 0 Å². The molecule has 0 aliphatic carbocycles. The summed E-state index contributed by atoms with van der Waals surface area (Å²) in [4.78, 5) is 0. The Bertz CT molecular complexity index is 722. The average molecular weight is 403 g/mol. The minimum Gasteiger partial charge on any atom is -0.493 e. The van der Waals surface area contributed by atoms with E-state index < -0.39 is 0 Å². The van der Waals surface area contributed by atoms with Gasteiger partial charge in [-0.2, -0.15) is 0 Å². The number of nitrogens with one attached hydrogen (secondary N) is 1. The second-order valence-electron chi connectivity index (χ2n) is 5.82. The zero-order valence-electron chi connectivity index (χ0n) is 14.5. The molecule has 0 saturated carbocycles. The van der Waals surface area contributed by atoms with E-state index in [4.69, 9.17) is 44.3 Å². The molecule has 0 aliphatic heterocycles. The number of hydrogen-bond donors (Lipinski definition) is 1. The molecule has 0 aromatic heterocycles. The SMILES string of the molecule is CCC(C)NCc1cc(Cl)c(OCc2ccc(Cl)cc2Cl)c(OC)c1. The Labute approximate surface area is 164 Å². The molecular weight excluding hydrogens is 381 g/mol. The molecule has 2 rings (SSSR count). The summed E-state index contributed by atoms with van der Waals surface area (Å²) in [5, 5.41) is 5.08. The first-order valence-electron chi connectivity index (χ1n) is 8.11. The first-order chi connectivity index (χ1) is 11.9. The van der Waals surface area contributed by atoms with E-state index in [1.807, 2.05) is 18.2 Å². The third-order valence-corrected chi connectivity index (χ3v) is 4.81. The van der Waals surface area contributed by atoms with Gasteiger partial charge in [-0.3, -0.25) is 0 Å². The zero-order chi connectivity index (χ0) is 18.4. The molecule has 25 heavy (non-hydrogen) atoms. The van der Waals surface area contributed by atoms with E-state index in [2.05, 4.69) is 19.2 Å². The number of hydrogen-bond acceptors (Lipinski definition) is 3. The van der Waals surface area contributed by atoms with E-state index in [-0.39, 0.29) is 6.61 Å². The maximum Gasteiger partial charge on any atom is 0.180 e. The van der Waals surface area contributed by atoms with Crippen molar-refractivity contribution < 1.29 is 9.47 Å². The highest BCUT2D eigenvalue weighted by Gasteiger charge is 2.13. The first-order valence-corrected chi connectivity index (χ1v) is 9.24. The van der Waals surface area contributed by atoms with Gasteiger partial charge in [0.15, 0.2) is 11.5 Å². The molecule has 3 nitrogen and oxygen atoms in total. The van der Waals surface area contributed by atoms with Gasteiger partial charge in [0.05, 0.1) is 12.1 Å². The third-order valence-electron chi connectivity index (χ3n) is 3.94. The van der Waals surface area contributed by atoms with Crippen molar-refractivity contribution in [3.05, 3.63) is 56.5 Å². The Morgan fingerprint density at radius 2 is 1.84 bits per heavy atom. The van der Waals surface area contributed by atoms with Crippen molar-refractivity contribution in [2.75, 3.05) is 7.11 Å². The Morgan fingerprint density at radius 3 is 2.48 bits per heavy atom. The maximum atomic E-state index is 6.41. The van der Waals surface area contributed by atoms with Crippen molar-refractivity contribution in [1.82, 2.24) is 5.32 Å². The molecule has 0 radical (unpaired) electrons. The second-order valence-corrected chi connectivity index (χ2v) is 7.07. The van der Waals surface area contributed by atoms with Crippen LogP contribution in [0, 0.1) is 0 Å². The molecule has 136 valence electrons. The van der Waals surface area contributed by atoms with E-state index in [9.17, 15) is 0 Å². The molecule has 0 saturated heterocycles. The van der Waals surface area contributed by atoms with Crippen molar-refractivity contribution >= 4 is 34.8 Å². The lowest BCUT2D eigenvalue weighted by Gasteiger charge is -2.16. The van der Waals surface area contributed by atoms with Crippen molar-refractivity contribution in [3.8, 4) is 11.5 Å². The summed E-state index contributed by atoms with van der Waals surface area (Å²) in [7, 11) is 1.60. The van der Waals surface area contributed by atoms with Gasteiger partial charge in [0.25, 0.3) is 0 Å². The summed E-state index contributed by atoms with van der Waals surface area (Å²) >= 11 is 18.5. The molecule has 0 bridgehead atoms. The van der Waals surface area contributed by atoms with E-state index >= 15 is 0 Å². The van der Waals surface area contributed by atoms with Gasteiger partial charge in [0, 0.05) is 28.2 Å². The van der Waals surface area contributed by atoms with Crippen LogP contribution in [0.5, 0.6) is 11.5 Å². The Kier molecular flexibility index (Phi) is 7.70. The Hall–Kier alpha value is -1.13. The molecule has 1 N–H and O–H groups in total. The highest BCUT2D eigenvalue weighted by atomic mass is 35.5. The molecule has 1 unspecified atom stereocenters. The normalized spacial score (nSPS) is 12.1. The summed E-state index contributed by atoms with van der Waals surface area (Å²) in [6, 6.07) is 9.54. The standard InChI is InChI=1S/C19H22Cl3NO2/c1-4-12(2)23-10-13-7-17(22)19(18(8-13)24-3)25-11-14-5-6-15(20)9-16(14)21/h5-9,12,23H,4,10-11H2,1-3H3. The lowest BCUT2D eigenvalue weighted by molar-refractivity contribution is 0.284. The topological polar surface area (TPSA) is 30.5 Å². The minimum absolute atomic E-state index is 0.274. The van der Waals surface area contributed by atoms with Gasteiger partial charge < -0.3 is 14.8 Å². The van der Waals surface area contributed by atoms with E-state index in [0.717, 1.165) is 17.5 Å². The molecule has 6 heteroatoms. The molecule has 0 amide bonds. The average Bonchev–Trinajstić information content (AvgIpc) is 2.59. The van der Waals surface area contributed by atoms with Crippen LogP contribution in [-0.4, -0.2) is 13.2 Å². The van der Waals surface area contributed by atoms with Gasteiger partial charge in [-0.15, -0.1) is 0 Å². The third kappa shape index (κ3) is 5.68. The maximum absolute atomic E-state index is 6.41. The molecule has 0 fully saturated rings. The number of methoxy groups -OCH3 is 1. The lowest BCUT2D eigenvalue weighted by atomic mass is 10.1. The molecule has 2 aromatic carbocycles. The van der Waals surface area contributed by atoms with E-state index in [0.29, 0.717) is 39.2 Å². The van der Waals surface area contributed by atoms with Crippen LogP contribution in [0.3, 0.4) is 0 Å². The largest absolute Gasteiger partial charge is 0.493 e. The number of halogens is 3. The summed E-state index contributed by atoms with van der Waals surface area (Å²) in [5.41, 5.74) is 1.87. The molecule has 0 heterocycles. The zero-order valence-corrected chi connectivity index (χ0v) is 16.8. The fourth-order valence-electron chi connectivity index (χ4n) is 2.24. The fourth-order valence-corrected chi connectivity index (χ4v) is 2.99. The predicted molar refractivity (Wildman–Crippen MR) is 105 cm³/mol. The van der Waals surface area contributed by atoms with Crippen molar-refractivity contribution in [2.24, 2.45) is 0 Å². The van der Waals surface area contributed by atoms with Gasteiger partial charge in [-0.25, -0.2) is 0 Å². The van der Waals surface area contributed by atoms with Crippen LogP contribution in [0.1, 0.15) is 31.4 Å². The van der Waals surface area contributed by atoms with Crippen LogP contribution in [0.2, 0.25) is 15.1 Å². The fraction of sp³-hybridized carbons (Fsp3) is 0.368. The van der Waals surface area contributed by atoms with Gasteiger partial charge in [0.1, 0.15) is 6.61 Å². The van der Waals surface area contributed by atoms with Crippen LogP contribution in [0.4, 0.5) is 0 Å². The van der Waals surface area contributed by atoms with Crippen molar-refractivity contribution in [3.63, 3.8) is 0 Å². The highest BCUT2D eigenvalue weighted by Crippen LogP contribution is 2.37. The lowest BCUT2D eigenvalue weighted by Crippen LogP contribution is -2.24. The minimum atomic E-state index is 0.274. The summed E-state index contributed by atoms with van der Waals surface area (Å²) in [6.45, 7) is 5.28. The second kappa shape index (κ2) is 9.54. The van der Waals surface area contributed by atoms with Gasteiger partial charge in [0.2, 0.25) is 0 Å². The smallest absolute Gasteiger partial charge is 0.180 e. The number of ether oxygens (including phenoxy) is 2. The van der Waals surface area contributed by atoms with Crippen LogP contribution in [-0.2, 0) is 13.2 Å². The van der Waals surface area contributed by atoms with Crippen molar-refractivity contribution in [1.29, 1.82) is 0 Å². The first kappa shape index (κ1) is 20.2. The van der Waals surface area contributed by atoms with Gasteiger partial charge >= 0.3 is 0 Å². The van der Waals surface area contributed by atoms with Crippen molar-refractivity contribution in [2.45, 2.75) is 39.5 Å². The molecular formula is C19H22Cl3NO2. The van der Waals surface area contributed by atoms with Crippen LogP contribution < -0.4 is 14.8 Å². The molecule has 0 aliphatic rings. The number of rotatable bonds is 8. The van der Waals surface area contributed by atoms with Crippen LogP contribution in [0.25, 0.3) is 0 Å². The summed E-state index contributed by atoms with van der Waals surface area (Å²) in [5.74, 6) is 1.10. The monoisotopic (exact) mass is 401 g/mol. The molecule has 2 aromatic rings. The predicted octanol–water partition coefficient (Wildman–Crippen LogP) is 6.12. The summed E-state index contributed by atoms with van der Waals surface area (Å²) < 4.78 is 11.3.